The Kier molecular flexibility index (Phi) is 4.96. The van der Waals surface area contributed by atoms with Gasteiger partial charge in [0.05, 0.1) is 17.4 Å². The summed E-state index contributed by atoms with van der Waals surface area (Å²) in [4.78, 5) is 23.0. The van der Waals surface area contributed by atoms with Crippen LogP contribution in [0, 0.1) is 10.1 Å². The van der Waals surface area contributed by atoms with Gasteiger partial charge in [0.25, 0.3) is 5.69 Å². The number of hydrogen-bond acceptors (Lipinski definition) is 5. The van der Waals surface area contributed by atoms with E-state index >= 15 is 0 Å². The maximum atomic E-state index is 12.3. The van der Waals surface area contributed by atoms with E-state index in [4.69, 9.17) is 32.7 Å². The van der Waals surface area contributed by atoms with Gasteiger partial charge in [-0.15, -0.1) is 0 Å². The number of carbonyl (C=O) groups is 1. The number of hydrogen-bond donors (Lipinski definition) is 1. The first-order chi connectivity index (χ1) is 12.0. The van der Waals surface area contributed by atoms with Gasteiger partial charge in [-0.05, 0) is 17.7 Å². The highest BCUT2D eigenvalue weighted by atomic mass is 35.5. The van der Waals surface area contributed by atoms with Gasteiger partial charge < -0.3 is 14.8 Å². The van der Waals surface area contributed by atoms with Gasteiger partial charge in [-0.25, -0.2) is 0 Å². The van der Waals surface area contributed by atoms with E-state index in [0.717, 1.165) is 0 Å². The minimum atomic E-state index is -0.601. The van der Waals surface area contributed by atoms with Gasteiger partial charge in [-0.2, -0.15) is 0 Å². The quantitative estimate of drug-likeness (QED) is 0.640. The molecule has 0 fully saturated rings. The van der Waals surface area contributed by atoms with Crippen molar-refractivity contribution in [1.82, 2.24) is 0 Å². The predicted molar refractivity (Wildman–Crippen MR) is 92.9 cm³/mol. The van der Waals surface area contributed by atoms with E-state index in [1.54, 1.807) is 18.2 Å². The Bertz CT molecular complexity index is 836. The van der Waals surface area contributed by atoms with Crippen LogP contribution in [-0.4, -0.2) is 24.0 Å². The molecular formula is C16H12Cl2N2O5. The Morgan fingerprint density at radius 3 is 2.36 bits per heavy atom. The number of nitro benzene ring substituents is 1. The molecule has 0 saturated heterocycles. The zero-order valence-corrected chi connectivity index (χ0v) is 14.3. The second-order valence-electron chi connectivity index (χ2n) is 5.20. The third-order valence-electron chi connectivity index (χ3n) is 3.53. The molecule has 7 nitrogen and oxygen atoms in total. The van der Waals surface area contributed by atoms with E-state index in [1.807, 2.05) is 0 Å². The van der Waals surface area contributed by atoms with Crippen molar-refractivity contribution in [3.05, 3.63) is 56.1 Å². The zero-order chi connectivity index (χ0) is 18.0. The molecule has 2 aromatic carbocycles. The van der Waals surface area contributed by atoms with Gasteiger partial charge in [0.15, 0.2) is 11.5 Å². The molecule has 0 unspecified atom stereocenters. The van der Waals surface area contributed by atoms with Crippen molar-refractivity contribution in [3.63, 3.8) is 0 Å². The largest absolute Gasteiger partial charge is 0.486 e. The van der Waals surface area contributed by atoms with Crippen LogP contribution in [0.1, 0.15) is 5.56 Å². The molecule has 0 saturated carbocycles. The third kappa shape index (κ3) is 3.78. The molecule has 0 bridgehead atoms. The first-order valence-electron chi connectivity index (χ1n) is 7.26. The Morgan fingerprint density at radius 2 is 1.76 bits per heavy atom. The number of benzene rings is 2. The summed E-state index contributed by atoms with van der Waals surface area (Å²) >= 11 is 12.1. The number of halogens is 2. The van der Waals surface area contributed by atoms with Gasteiger partial charge in [-0.3, -0.25) is 14.9 Å². The van der Waals surface area contributed by atoms with Crippen molar-refractivity contribution in [2.24, 2.45) is 0 Å². The van der Waals surface area contributed by atoms with Crippen LogP contribution in [0.5, 0.6) is 11.5 Å². The summed E-state index contributed by atoms with van der Waals surface area (Å²) in [6.07, 6.45) is -0.121. The first kappa shape index (κ1) is 17.3. The van der Waals surface area contributed by atoms with Gasteiger partial charge in [0, 0.05) is 16.1 Å². The second kappa shape index (κ2) is 7.16. The van der Waals surface area contributed by atoms with Crippen molar-refractivity contribution < 1.29 is 19.2 Å². The maximum absolute atomic E-state index is 12.3. The molecule has 1 heterocycles. The lowest BCUT2D eigenvalue weighted by molar-refractivity contribution is -0.384. The van der Waals surface area contributed by atoms with Crippen molar-refractivity contribution >= 4 is 40.5 Å². The molecule has 0 aromatic heterocycles. The molecule has 2 aromatic rings. The average Bonchev–Trinajstić information content (AvgIpc) is 2.57. The minimum absolute atomic E-state index is 0.0161. The fourth-order valence-electron chi connectivity index (χ4n) is 2.39. The highest BCUT2D eigenvalue weighted by Gasteiger charge is 2.24. The van der Waals surface area contributed by atoms with E-state index in [0.29, 0.717) is 34.6 Å². The van der Waals surface area contributed by atoms with Crippen LogP contribution in [0.15, 0.2) is 30.3 Å². The van der Waals surface area contributed by atoms with Crippen molar-refractivity contribution in [3.8, 4) is 11.5 Å². The molecular weight excluding hydrogens is 371 g/mol. The van der Waals surface area contributed by atoms with Gasteiger partial charge in [0.2, 0.25) is 5.91 Å². The van der Waals surface area contributed by atoms with Crippen LogP contribution >= 0.6 is 23.2 Å². The fourth-order valence-corrected chi connectivity index (χ4v) is 2.92. The molecule has 130 valence electrons. The van der Waals surface area contributed by atoms with Crippen LogP contribution < -0.4 is 14.8 Å². The van der Waals surface area contributed by atoms with E-state index < -0.39 is 10.8 Å². The van der Waals surface area contributed by atoms with Crippen LogP contribution in [0.3, 0.4) is 0 Å². The molecule has 1 N–H and O–H groups in total. The highest BCUT2D eigenvalue weighted by Crippen LogP contribution is 2.39. The number of amides is 1. The Labute approximate surface area is 152 Å². The summed E-state index contributed by atoms with van der Waals surface area (Å²) in [5, 5.41) is 14.5. The molecule has 3 rings (SSSR count). The lowest BCUT2D eigenvalue weighted by Crippen LogP contribution is -2.18. The fraction of sp³-hybridized carbons (Fsp3) is 0.188. The summed E-state index contributed by atoms with van der Waals surface area (Å²) in [5.41, 5.74) is 0.175. The smallest absolute Gasteiger partial charge is 0.296 e. The number of carbonyl (C=O) groups excluding carboxylic acids is 1. The van der Waals surface area contributed by atoms with Crippen LogP contribution in [0.4, 0.5) is 11.4 Å². The van der Waals surface area contributed by atoms with Crippen LogP contribution in [0.2, 0.25) is 10.0 Å². The van der Waals surface area contributed by atoms with E-state index in [2.05, 4.69) is 5.32 Å². The maximum Gasteiger partial charge on any atom is 0.296 e. The van der Waals surface area contributed by atoms with Crippen molar-refractivity contribution in [1.29, 1.82) is 0 Å². The molecule has 25 heavy (non-hydrogen) atoms. The van der Waals surface area contributed by atoms with Crippen LogP contribution in [0.25, 0.3) is 0 Å². The SMILES string of the molecule is O=C(Cc1c(Cl)cccc1Cl)Nc1cc2c(cc1[N+](=O)[O-])OCCO2. The summed E-state index contributed by atoms with van der Waals surface area (Å²) in [5.74, 6) is 0.114. The Balaban J connectivity index is 1.86. The average molecular weight is 383 g/mol. The Morgan fingerprint density at radius 1 is 1.16 bits per heavy atom. The molecule has 1 aliphatic heterocycles. The minimum Gasteiger partial charge on any atom is -0.486 e. The first-order valence-corrected chi connectivity index (χ1v) is 8.02. The van der Waals surface area contributed by atoms with Gasteiger partial charge in [-0.1, -0.05) is 29.3 Å². The van der Waals surface area contributed by atoms with Crippen LogP contribution in [-0.2, 0) is 11.2 Å². The highest BCUT2D eigenvalue weighted by molar-refractivity contribution is 6.36. The number of fused-ring (bicyclic) bond motifs is 1. The zero-order valence-electron chi connectivity index (χ0n) is 12.8. The number of nitrogens with zero attached hydrogens (tertiary/aromatic N) is 1. The second-order valence-corrected chi connectivity index (χ2v) is 6.01. The molecule has 1 amide bonds. The molecule has 1 aliphatic rings. The van der Waals surface area contributed by atoms with E-state index in [1.165, 1.54) is 12.1 Å². The predicted octanol–water partition coefficient (Wildman–Crippen LogP) is 3.85. The van der Waals surface area contributed by atoms with Gasteiger partial charge in [0.1, 0.15) is 18.9 Å². The van der Waals surface area contributed by atoms with Crippen molar-refractivity contribution in [2.45, 2.75) is 6.42 Å². The lowest BCUT2D eigenvalue weighted by Gasteiger charge is -2.19. The summed E-state index contributed by atoms with van der Waals surface area (Å²) in [6, 6.07) is 7.49. The standard InChI is InChI=1S/C16H12Cl2N2O5/c17-10-2-1-3-11(18)9(10)6-16(21)19-12-7-14-15(25-5-4-24-14)8-13(12)20(22)23/h1-3,7-8H,4-6H2,(H,19,21). The normalized spacial score (nSPS) is 12.6. The van der Waals surface area contributed by atoms with E-state index in [-0.39, 0.29) is 23.5 Å². The number of nitrogens with one attached hydrogen (secondary N) is 1. The van der Waals surface area contributed by atoms with Crippen molar-refractivity contribution in [2.75, 3.05) is 18.5 Å². The molecule has 9 heteroatoms. The summed E-state index contributed by atoms with van der Waals surface area (Å²) in [6.45, 7) is 0.633. The third-order valence-corrected chi connectivity index (χ3v) is 4.24. The number of rotatable bonds is 4. The molecule has 0 radical (unpaired) electrons. The monoisotopic (exact) mass is 382 g/mol. The van der Waals surface area contributed by atoms with Gasteiger partial charge >= 0.3 is 0 Å². The topological polar surface area (TPSA) is 90.7 Å². The molecule has 0 aliphatic carbocycles. The number of nitro groups is 1. The summed E-state index contributed by atoms with van der Waals surface area (Å²) in [7, 11) is 0. The molecule has 0 atom stereocenters. The Hall–Kier alpha value is -2.51. The number of anilines is 1. The van der Waals surface area contributed by atoms with E-state index in [9.17, 15) is 14.9 Å². The molecule has 0 spiro atoms. The number of ether oxygens (including phenoxy) is 2. The lowest BCUT2D eigenvalue weighted by atomic mass is 10.1. The summed E-state index contributed by atoms with van der Waals surface area (Å²) < 4.78 is 10.7.